The number of hydrogen-bond donors (Lipinski definition) is 1. The Hall–Kier alpha value is -0.950. The van der Waals surface area contributed by atoms with Crippen molar-refractivity contribution in [3.05, 3.63) is 35.9 Å². The van der Waals surface area contributed by atoms with Gasteiger partial charge in [-0.15, -0.1) is 0 Å². The summed E-state index contributed by atoms with van der Waals surface area (Å²) in [6.07, 6.45) is 3.74. The quantitative estimate of drug-likeness (QED) is 0.612. The number of nitrogens with zero attached hydrogens (tertiary/aromatic N) is 1. The molecule has 1 aliphatic rings. The zero-order chi connectivity index (χ0) is 14.3. The molecule has 0 bridgehead atoms. The summed E-state index contributed by atoms with van der Waals surface area (Å²) in [5.74, 6) is -0.0580. The van der Waals surface area contributed by atoms with Crippen molar-refractivity contribution < 1.29 is 13.3 Å². The number of likely N-dealkylation sites (tertiary alicyclic amines) is 1. The first-order valence-corrected chi connectivity index (χ1v) is 8.68. The highest BCUT2D eigenvalue weighted by atomic mass is 32.2. The number of nitrogens with one attached hydrogen (secondary N) is 1. The second-order valence-corrected chi connectivity index (χ2v) is 6.76. The van der Waals surface area contributed by atoms with Crippen molar-refractivity contribution in [1.82, 2.24) is 9.79 Å². The van der Waals surface area contributed by atoms with E-state index >= 15 is 0 Å². The fraction of sp³-hybridized carbons (Fsp3) is 0.571. The van der Waals surface area contributed by atoms with Crippen LogP contribution >= 0.6 is 0 Å². The maximum atomic E-state index is 11.8. The van der Waals surface area contributed by atoms with E-state index in [0.29, 0.717) is 6.61 Å². The smallest absolute Gasteiger partial charge is 0.237 e. The lowest BCUT2D eigenvalue weighted by molar-refractivity contribution is 0.0655. The summed E-state index contributed by atoms with van der Waals surface area (Å²) in [6.45, 7) is 3.32. The van der Waals surface area contributed by atoms with Crippen molar-refractivity contribution in [3.8, 4) is 0 Å². The predicted molar refractivity (Wildman–Crippen MR) is 78.4 cm³/mol. The average Bonchev–Trinajstić information content (AvgIpc) is 2.45. The maximum absolute atomic E-state index is 11.8. The Bertz CT molecular complexity index is 484. The van der Waals surface area contributed by atoms with Crippen LogP contribution in [0.1, 0.15) is 24.8 Å². The second-order valence-electron chi connectivity index (χ2n) is 5.08. The van der Waals surface area contributed by atoms with Gasteiger partial charge in [-0.1, -0.05) is 41.6 Å². The van der Waals surface area contributed by atoms with Crippen molar-refractivity contribution in [3.63, 3.8) is 0 Å². The van der Waals surface area contributed by atoms with E-state index in [1.165, 1.54) is 19.3 Å². The number of piperidine rings is 1. The molecule has 0 amide bonds. The Labute approximate surface area is 120 Å². The highest BCUT2D eigenvalue weighted by molar-refractivity contribution is 7.88. The minimum Gasteiger partial charge on any atom is -0.301 e. The van der Waals surface area contributed by atoms with Crippen molar-refractivity contribution in [2.45, 2.75) is 25.0 Å². The Morgan fingerprint density at radius 3 is 2.50 bits per heavy atom. The molecule has 1 N–H and O–H groups in total. The van der Waals surface area contributed by atoms with E-state index in [-0.39, 0.29) is 5.75 Å². The number of sulfonamides is 1. The summed E-state index contributed by atoms with van der Waals surface area (Å²) in [6, 6.07) is 9.07. The van der Waals surface area contributed by atoms with Gasteiger partial charge in [0.1, 0.15) is 0 Å². The second kappa shape index (κ2) is 7.73. The van der Waals surface area contributed by atoms with Gasteiger partial charge in [-0.05, 0) is 31.5 Å². The average molecular weight is 298 g/mol. The fourth-order valence-electron chi connectivity index (χ4n) is 2.31. The number of rotatable bonds is 7. The first kappa shape index (κ1) is 15.4. The molecule has 1 heterocycles. The van der Waals surface area contributed by atoms with Crippen LogP contribution in [0.2, 0.25) is 0 Å². The minimum atomic E-state index is -3.43. The van der Waals surface area contributed by atoms with Crippen molar-refractivity contribution in [2.24, 2.45) is 0 Å². The normalized spacial score (nSPS) is 17.2. The Balaban J connectivity index is 1.67. The molecule has 0 unspecified atom stereocenters. The molecule has 6 heteroatoms. The topological polar surface area (TPSA) is 58.6 Å². The fourth-order valence-corrected chi connectivity index (χ4v) is 3.27. The zero-order valence-corrected chi connectivity index (χ0v) is 12.4. The van der Waals surface area contributed by atoms with Crippen LogP contribution in [-0.4, -0.2) is 39.6 Å². The molecule has 0 atom stereocenters. The Morgan fingerprint density at radius 2 is 1.80 bits per heavy atom. The van der Waals surface area contributed by atoms with Gasteiger partial charge in [0.25, 0.3) is 0 Å². The van der Waals surface area contributed by atoms with Gasteiger partial charge in [0, 0.05) is 6.54 Å². The minimum absolute atomic E-state index is 0.0580. The van der Waals surface area contributed by atoms with Gasteiger partial charge < -0.3 is 4.90 Å². The maximum Gasteiger partial charge on any atom is 0.237 e. The summed E-state index contributed by atoms with van der Waals surface area (Å²) in [5, 5.41) is 0. The summed E-state index contributed by atoms with van der Waals surface area (Å²) in [7, 11) is -3.43. The molecular weight excluding hydrogens is 276 g/mol. The van der Waals surface area contributed by atoms with Gasteiger partial charge in [0.05, 0.1) is 12.4 Å². The third-order valence-electron chi connectivity index (χ3n) is 3.34. The molecule has 0 aliphatic carbocycles. The first-order valence-electron chi connectivity index (χ1n) is 7.03. The van der Waals surface area contributed by atoms with Crippen LogP contribution in [0.4, 0.5) is 0 Å². The van der Waals surface area contributed by atoms with E-state index in [1.54, 1.807) is 12.1 Å². The van der Waals surface area contributed by atoms with Crippen molar-refractivity contribution in [2.75, 3.05) is 26.2 Å². The highest BCUT2D eigenvalue weighted by Crippen LogP contribution is 2.08. The van der Waals surface area contributed by atoms with E-state index in [2.05, 4.69) is 9.79 Å². The lowest BCUT2D eigenvalue weighted by atomic mass is 10.1. The molecule has 1 aliphatic heterocycles. The lowest BCUT2D eigenvalue weighted by Crippen LogP contribution is -2.35. The third kappa shape index (κ3) is 5.58. The Morgan fingerprint density at radius 1 is 1.10 bits per heavy atom. The standard InChI is InChI=1S/C14H22N2O3S/c17-20(18,13-14-7-3-1-4-8-14)15-19-12-11-16-9-5-2-6-10-16/h1,3-4,7-8,15H,2,5-6,9-13H2. The zero-order valence-electron chi connectivity index (χ0n) is 11.6. The number of hydrogen-bond acceptors (Lipinski definition) is 4. The molecule has 0 radical (unpaired) electrons. The molecule has 1 saturated heterocycles. The number of benzene rings is 1. The molecule has 0 saturated carbocycles. The van der Waals surface area contributed by atoms with Gasteiger partial charge in [-0.3, -0.25) is 4.84 Å². The summed E-state index contributed by atoms with van der Waals surface area (Å²) in [4.78, 5) is 9.59. The molecule has 20 heavy (non-hydrogen) atoms. The molecule has 0 spiro atoms. The van der Waals surface area contributed by atoms with E-state index < -0.39 is 10.0 Å². The van der Waals surface area contributed by atoms with Gasteiger partial charge in [-0.25, -0.2) is 8.42 Å². The van der Waals surface area contributed by atoms with E-state index in [9.17, 15) is 8.42 Å². The van der Waals surface area contributed by atoms with Crippen LogP contribution in [0.3, 0.4) is 0 Å². The lowest BCUT2D eigenvalue weighted by Gasteiger charge is -2.25. The van der Waals surface area contributed by atoms with Gasteiger partial charge >= 0.3 is 0 Å². The third-order valence-corrected chi connectivity index (χ3v) is 4.43. The summed E-state index contributed by atoms with van der Waals surface area (Å²) < 4.78 is 23.6. The first-order chi connectivity index (χ1) is 9.66. The van der Waals surface area contributed by atoms with E-state index in [1.807, 2.05) is 18.2 Å². The van der Waals surface area contributed by atoms with Crippen LogP contribution in [0, 0.1) is 0 Å². The van der Waals surface area contributed by atoms with Gasteiger partial charge in [-0.2, -0.15) is 0 Å². The molecule has 2 rings (SSSR count). The van der Waals surface area contributed by atoms with Crippen LogP contribution in [-0.2, 0) is 20.6 Å². The van der Waals surface area contributed by atoms with Crippen LogP contribution in [0.5, 0.6) is 0 Å². The van der Waals surface area contributed by atoms with Crippen LogP contribution < -0.4 is 4.89 Å². The molecule has 0 aromatic heterocycles. The van der Waals surface area contributed by atoms with Gasteiger partial charge in [0.15, 0.2) is 0 Å². The SMILES string of the molecule is O=S(=O)(Cc1ccccc1)NOCCN1CCCCC1. The summed E-state index contributed by atoms with van der Waals surface area (Å²) in [5.41, 5.74) is 0.750. The molecular formula is C14H22N2O3S. The molecule has 1 aromatic rings. The van der Waals surface area contributed by atoms with Crippen molar-refractivity contribution in [1.29, 1.82) is 0 Å². The van der Waals surface area contributed by atoms with Crippen LogP contribution in [0.15, 0.2) is 30.3 Å². The monoisotopic (exact) mass is 298 g/mol. The van der Waals surface area contributed by atoms with Crippen LogP contribution in [0.25, 0.3) is 0 Å². The molecule has 112 valence electrons. The predicted octanol–water partition coefficient (Wildman–Crippen LogP) is 1.52. The molecule has 1 fully saturated rings. The largest absolute Gasteiger partial charge is 0.301 e. The molecule has 1 aromatic carbocycles. The Kier molecular flexibility index (Phi) is 5.97. The summed E-state index contributed by atoms with van der Waals surface area (Å²) >= 11 is 0. The van der Waals surface area contributed by atoms with Crippen molar-refractivity contribution >= 4 is 10.0 Å². The van der Waals surface area contributed by atoms with Gasteiger partial charge in [0.2, 0.25) is 10.0 Å². The highest BCUT2D eigenvalue weighted by Gasteiger charge is 2.13. The van der Waals surface area contributed by atoms with E-state index in [0.717, 1.165) is 25.2 Å². The van der Waals surface area contributed by atoms with E-state index in [4.69, 9.17) is 4.84 Å². The molecule has 5 nitrogen and oxygen atoms in total.